The van der Waals surface area contributed by atoms with Crippen LogP contribution in [0.25, 0.3) is 11.0 Å². The maximum Gasteiger partial charge on any atom is 0.172 e. The van der Waals surface area contributed by atoms with Gasteiger partial charge in [-0.25, -0.2) is 9.97 Å². The van der Waals surface area contributed by atoms with Gasteiger partial charge in [-0.1, -0.05) is 12.1 Å². The number of rotatable bonds is 4. The highest BCUT2D eigenvalue weighted by molar-refractivity contribution is 5.80. The van der Waals surface area contributed by atoms with E-state index in [1.807, 2.05) is 12.1 Å². The van der Waals surface area contributed by atoms with Crippen LogP contribution in [-0.2, 0) is 0 Å². The highest BCUT2D eigenvalue weighted by Gasteiger charge is 2.21. The largest absolute Gasteiger partial charge is 0.367 e. The second kappa shape index (κ2) is 6.93. The Kier molecular flexibility index (Phi) is 4.52. The zero-order valence-electron chi connectivity index (χ0n) is 14.5. The van der Waals surface area contributed by atoms with Gasteiger partial charge in [0.05, 0.1) is 11.0 Å². The number of aromatic nitrogens is 2. The topological polar surface area (TPSA) is 44.3 Å². The van der Waals surface area contributed by atoms with Crippen LogP contribution in [0.4, 0.5) is 11.6 Å². The summed E-state index contributed by atoms with van der Waals surface area (Å²) in [6, 6.07) is 8.18. The first kappa shape index (κ1) is 15.6. The third kappa shape index (κ3) is 3.31. The van der Waals surface area contributed by atoms with Gasteiger partial charge >= 0.3 is 0 Å². The van der Waals surface area contributed by atoms with Crippen molar-refractivity contribution in [2.75, 3.05) is 50.0 Å². The van der Waals surface area contributed by atoms with Gasteiger partial charge in [-0.2, -0.15) is 0 Å². The highest BCUT2D eigenvalue weighted by atomic mass is 15.2. The molecule has 2 aliphatic heterocycles. The predicted octanol–water partition coefficient (Wildman–Crippen LogP) is 2.98. The SMILES string of the molecule is CN1CCCC(CNc2nc3ccccc3nc2N2CCCC2)C1. The van der Waals surface area contributed by atoms with Crippen molar-refractivity contribution in [3.05, 3.63) is 24.3 Å². The molecule has 128 valence electrons. The number of piperidine rings is 1. The van der Waals surface area contributed by atoms with Gasteiger partial charge in [0.2, 0.25) is 0 Å². The van der Waals surface area contributed by atoms with Crippen molar-refractivity contribution in [3.63, 3.8) is 0 Å². The van der Waals surface area contributed by atoms with Crippen LogP contribution in [0.15, 0.2) is 24.3 Å². The minimum absolute atomic E-state index is 0.698. The zero-order chi connectivity index (χ0) is 16.4. The van der Waals surface area contributed by atoms with Crippen molar-refractivity contribution in [2.24, 2.45) is 5.92 Å². The van der Waals surface area contributed by atoms with Crippen molar-refractivity contribution >= 4 is 22.7 Å². The molecule has 1 N–H and O–H groups in total. The molecule has 1 aromatic carbocycles. The van der Waals surface area contributed by atoms with E-state index in [1.165, 1.54) is 38.8 Å². The van der Waals surface area contributed by atoms with E-state index in [-0.39, 0.29) is 0 Å². The molecule has 0 radical (unpaired) electrons. The number of anilines is 2. The first-order valence-electron chi connectivity index (χ1n) is 9.24. The molecule has 1 aromatic heterocycles. The third-order valence-corrected chi connectivity index (χ3v) is 5.24. The van der Waals surface area contributed by atoms with Crippen LogP contribution < -0.4 is 10.2 Å². The number of nitrogens with one attached hydrogen (secondary N) is 1. The van der Waals surface area contributed by atoms with Crippen LogP contribution in [0.3, 0.4) is 0 Å². The molecule has 2 saturated heterocycles. The summed E-state index contributed by atoms with van der Waals surface area (Å²) in [5, 5.41) is 3.63. The smallest absolute Gasteiger partial charge is 0.172 e. The molecule has 4 rings (SSSR count). The van der Waals surface area contributed by atoms with Crippen LogP contribution in [0.2, 0.25) is 0 Å². The average molecular weight is 325 g/mol. The number of nitrogens with zero attached hydrogens (tertiary/aromatic N) is 4. The molecule has 0 aliphatic carbocycles. The van der Waals surface area contributed by atoms with Gasteiger partial charge < -0.3 is 15.1 Å². The van der Waals surface area contributed by atoms with Gasteiger partial charge in [-0.05, 0) is 57.3 Å². The van der Waals surface area contributed by atoms with E-state index < -0.39 is 0 Å². The van der Waals surface area contributed by atoms with Gasteiger partial charge in [0, 0.05) is 26.2 Å². The average Bonchev–Trinajstić information content (AvgIpc) is 3.13. The lowest BCUT2D eigenvalue weighted by atomic mass is 9.98. The number of benzene rings is 1. The molecule has 3 heterocycles. The zero-order valence-corrected chi connectivity index (χ0v) is 14.5. The molecule has 0 spiro atoms. The van der Waals surface area contributed by atoms with Crippen LogP contribution in [-0.4, -0.2) is 54.6 Å². The summed E-state index contributed by atoms with van der Waals surface area (Å²) < 4.78 is 0. The summed E-state index contributed by atoms with van der Waals surface area (Å²) in [7, 11) is 2.22. The van der Waals surface area contributed by atoms with Gasteiger partial charge in [0.15, 0.2) is 11.6 Å². The third-order valence-electron chi connectivity index (χ3n) is 5.24. The second-order valence-corrected chi connectivity index (χ2v) is 7.23. The molecule has 2 aliphatic rings. The number of fused-ring (bicyclic) bond motifs is 1. The molecule has 5 heteroatoms. The molecule has 24 heavy (non-hydrogen) atoms. The fourth-order valence-electron chi connectivity index (χ4n) is 3.94. The van der Waals surface area contributed by atoms with Crippen LogP contribution >= 0.6 is 0 Å². The fraction of sp³-hybridized carbons (Fsp3) is 0.579. The molecule has 0 bridgehead atoms. The second-order valence-electron chi connectivity index (χ2n) is 7.23. The van der Waals surface area contributed by atoms with E-state index >= 15 is 0 Å². The van der Waals surface area contributed by atoms with Crippen LogP contribution in [0.1, 0.15) is 25.7 Å². The number of hydrogen-bond acceptors (Lipinski definition) is 5. The maximum absolute atomic E-state index is 4.93. The molecule has 2 fully saturated rings. The summed E-state index contributed by atoms with van der Waals surface area (Å²) in [6.45, 7) is 5.57. The lowest BCUT2D eigenvalue weighted by Gasteiger charge is -2.30. The predicted molar refractivity (Wildman–Crippen MR) is 99.7 cm³/mol. The van der Waals surface area contributed by atoms with E-state index in [1.54, 1.807) is 0 Å². The minimum Gasteiger partial charge on any atom is -0.367 e. The Morgan fingerprint density at radius 2 is 1.79 bits per heavy atom. The van der Waals surface area contributed by atoms with Gasteiger partial charge in [-0.3, -0.25) is 0 Å². The van der Waals surface area contributed by atoms with Crippen molar-refractivity contribution in [3.8, 4) is 0 Å². The summed E-state index contributed by atoms with van der Waals surface area (Å²) in [5.74, 6) is 2.70. The Hall–Kier alpha value is -1.88. The molecule has 0 amide bonds. The molecule has 1 atom stereocenters. The summed E-state index contributed by atoms with van der Waals surface area (Å²) in [4.78, 5) is 14.6. The summed E-state index contributed by atoms with van der Waals surface area (Å²) >= 11 is 0. The van der Waals surface area contributed by atoms with Crippen molar-refractivity contribution < 1.29 is 0 Å². The van der Waals surface area contributed by atoms with Gasteiger partial charge in [0.25, 0.3) is 0 Å². The van der Waals surface area contributed by atoms with Gasteiger partial charge in [-0.15, -0.1) is 0 Å². The van der Waals surface area contributed by atoms with E-state index in [2.05, 4.69) is 34.3 Å². The lowest BCUT2D eigenvalue weighted by molar-refractivity contribution is 0.217. The quantitative estimate of drug-likeness (QED) is 0.936. The summed E-state index contributed by atoms with van der Waals surface area (Å²) in [5.41, 5.74) is 1.96. The number of likely N-dealkylation sites (tertiary alicyclic amines) is 1. The Balaban J connectivity index is 1.58. The molecule has 0 saturated carbocycles. The van der Waals surface area contributed by atoms with E-state index in [0.29, 0.717) is 5.92 Å². The number of hydrogen-bond donors (Lipinski definition) is 1. The minimum atomic E-state index is 0.698. The molecule has 1 unspecified atom stereocenters. The van der Waals surface area contributed by atoms with Crippen molar-refractivity contribution in [1.82, 2.24) is 14.9 Å². The van der Waals surface area contributed by atoms with Crippen LogP contribution in [0, 0.1) is 5.92 Å². The molecular weight excluding hydrogens is 298 g/mol. The monoisotopic (exact) mass is 325 g/mol. The Morgan fingerprint density at radius 1 is 1.04 bits per heavy atom. The maximum atomic E-state index is 4.93. The van der Waals surface area contributed by atoms with Crippen LogP contribution in [0.5, 0.6) is 0 Å². The first-order valence-corrected chi connectivity index (χ1v) is 9.24. The van der Waals surface area contributed by atoms with E-state index in [9.17, 15) is 0 Å². The lowest BCUT2D eigenvalue weighted by Crippen LogP contribution is -2.35. The number of para-hydroxylation sites is 2. The van der Waals surface area contributed by atoms with E-state index in [4.69, 9.17) is 9.97 Å². The normalized spacial score (nSPS) is 22.2. The van der Waals surface area contributed by atoms with Gasteiger partial charge in [0.1, 0.15) is 0 Å². The molecular formula is C19H27N5. The summed E-state index contributed by atoms with van der Waals surface area (Å²) in [6.07, 6.45) is 5.10. The standard InChI is InChI=1S/C19H27N5/c1-23-10-6-7-15(14-23)13-20-18-19(24-11-4-5-12-24)22-17-9-3-2-8-16(17)21-18/h2-3,8-9,15H,4-7,10-14H2,1H3,(H,20,21). The van der Waals surface area contributed by atoms with Crippen molar-refractivity contribution in [1.29, 1.82) is 0 Å². The Labute approximate surface area is 144 Å². The highest BCUT2D eigenvalue weighted by Crippen LogP contribution is 2.28. The Bertz CT molecular complexity index is 695. The van der Waals surface area contributed by atoms with E-state index in [0.717, 1.165) is 42.3 Å². The Morgan fingerprint density at radius 3 is 2.54 bits per heavy atom. The van der Waals surface area contributed by atoms with Crippen molar-refractivity contribution in [2.45, 2.75) is 25.7 Å². The first-order chi connectivity index (χ1) is 11.8. The molecule has 5 nitrogen and oxygen atoms in total. The fourth-order valence-corrected chi connectivity index (χ4v) is 3.94. The molecule has 2 aromatic rings.